The summed E-state index contributed by atoms with van der Waals surface area (Å²) in [4.78, 5) is 31.1. The zero-order valence-corrected chi connectivity index (χ0v) is 15.6. The van der Waals surface area contributed by atoms with Gasteiger partial charge in [-0.25, -0.2) is 0 Å². The molecular formula is C21H25N3O3. The number of H-pyrrole nitrogens is 1. The van der Waals surface area contributed by atoms with Gasteiger partial charge in [-0.1, -0.05) is 42.5 Å². The largest absolute Gasteiger partial charge is 0.478 e. The highest BCUT2D eigenvalue weighted by Crippen LogP contribution is 2.06. The first kappa shape index (κ1) is 18.9. The van der Waals surface area contributed by atoms with Crippen LogP contribution < -0.4 is 10.2 Å². The van der Waals surface area contributed by atoms with Crippen molar-refractivity contribution in [2.24, 2.45) is 0 Å². The number of amides is 1. The second-order valence-corrected chi connectivity index (χ2v) is 6.63. The molecule has 27 heavy (non-hydrogen) atoms. The van der Waals surface area contributed by atoms with Crippen molar-refractivity contribution in [1.29, 1.82) is 0 Å². The van der Waals surface area contributed by atoms with E-state index in [1.54, 1.807) is 11.8 Å². The summed E-state index contributed by atoms with van der Waals surface area (Å²) in [5, 5.41) is 0. The molecule has 0 bridgehead atoms. The number of piperazine rings is 1. The van der Waals surface area contributed by atoms with Gasteiger partial charge < -0.3 is 14.6 Å². The molecule has 6 heteroatoms. The van der Waals surface area contributed by atoms with Crippen molar-refractivity contribution in [3.05, 3.63) is 70.2 Å². The molecule has 1 aromatic heterocycles. The van der Waals surface area contributed by atoms with E-state index in [9.17, 15) is 9.59 Å². The fourth-order valence-electron chi connectivity index (χ4n) is 2.99. The highest BCUT2D eigenvalue weighted by atomic mass is 16.5. The van der Waals surface area contributed by atoms with Crippen LogP contribution in [0.2, 0.25) is 0 Å². The Balaban J connectivity index is 1.41. The number of nitrogens with zero attached hydrogens (tertiary/aromatic N) is 2. The summed E-state index contributed by atoms with van der Waals surface area (Å²) < 4.78 is 5.39. The molecule has 1 aliphatic heterocycles. The molecule has 0 saturated carbocycles. The average molecular weight is 367 g/mol. The minimum atomic E-state index is -0.214. The van der Waals surface area contributed by atoms with Gasteiger partial charge in [-0.3, -0.25) is 14.5 Å². The number of aromatic nitrogens is 1. The van der Waals surface area contributed by atoms with Crippen LogP contribution in [0, 0.1) is 6.92 Å². The van der Waals surface area contributed by atoms with Crippen LogP contribution in [-0.4, -0.2) is 60.0 Å². The second-order valence-electron chi connectivity index (χ2n) is 6.63. The van der Waals surface area contributed by atoms with E-state index in [0.29, 0.717) is 13.1 Å². The number of ether oxygens (including phenoxy) is 1. The summed E-state index contributed by atoms with van der Waals surface area (Å²) >= 11 is 0. The molecule has 6 nitrogen and oxygen atoms in total. The number of benzene rings is 1. The summed E-state index contributed by atoms with van der Waals surface area (Å²) in [6, 6.07) is 11.7. The normalized spacial score (nSPS) is 15.2. The molecule has 1 saturated heterocycles. The van der Waals surface area contributed by atoms with Crippen molar-refractivity contribution in [1.82, 2.24) is 14.8 Å². The van der Waals surface area contributed by atoms with E-state index in [1.165, 1.54) is 17.8 Å². The van der Waals surface area contributed by atoms with E-state index in [-0.39, 0.29) is 23.7 Å². The second kappa shape index (κ2) is 9.19. The lowest BCUT2D eigenvalue weighted by molar-refractivity contribution is -0.135. The van der Waals surface area contributed by atoms with Gasteiger partial charge in [-0.15, -0.1) is 0 Å². The Kier molecular flexibility index (Phi) is 6.44. The van der Waals surface area contributed by atoms with Crippen LogP contribution in [0.15, 0.2) is 53.5 Å². The van der Waals surface area contributed by atoms with Crippen molar-refractivity contribution in [3.63, 3.8) is 0 Å². The molecule has 1 fully saturated rings. The van der Waals surface area contributed by atoms with Crippen LogP contribution >= 0.6 is 0 Å². The van der Waals surface area contributed by atoms with E-state index < -0.39 is 0 Å². The van der Waals surface area contributed by atoms with E-state index in [1.807, 2.05) is 18.2 Å². The predicted molar refractivity (Wildman–Crippen MR) is 106 cm³/mol. The van der Waals surface area contributed by atoms with Gasteiger partial charge in [0.15, 0.2) is 12.4 Å². The monoisotopic (exact) mass is 367 g/mol. The molecule has 3 rings (SSSR count). The molecule has 0 radical (unpaired) electrons. The van der Waals surface area contributed by atoms with E-state index in [2.05, 4.69) is 34.2 Å². The van der Waals surface area contributed by atoms with Gasteiger partial charge in [-0.2, -0.15) is 0 Å². The lowest BCUT2D eigenvalue weighted by Crippen LogP contribution is -2.49. The third-order valence-electron chi connectivity index (χ3n) is 4.57. The maximum Gasteiger partial charge on any atom is 0.260 e. The van der Waals surface area contributed by atoms with Gasteiger partial charge in [0.05, 0.1) is 0 Å². The number of carbonyl (C=O) groups excluding carboxylic acids is 1. The molecule has 1 N–H and O–H groups in total. The molecule has 2 heterocycles. The molecule has 1 aliphatic rings. The molecule has 1 aromatic carbocycles. The summed E-state index contributed by atoms with van der Waals surface area (Å²) in [5.74, 6) is 0.0908. The van der Waals surface area contributed by atoms with Gasteiger partial charge in [-0.05, 0) is 12.5 Å². The Bertz CT molecular complexity index is 837. The zero-order chi connectivity index (χ0) is 19.1. The Hall–Kier alpha value is -2.86. The maximum atomic E-state index is 12.3. The minimum Gasteiger partial charge on any atom is -0.478 e. The van der Waals surface area contributed by atoms with Crippen LogP contribution in [0.5, 0.6) is 5.75 Å². The first-order chi connectivity index (χ1) is 13.1. The molecule has 0 aliphatic carbocycles. The van der Waals surface area contributed by atoms with Gasteiger partial charge in [0, 0.05) is 50.7 Å². The molecular weight excluding hydrogens is 342 g/mol. The Morgan fingerprint density at radius 3 is 2.63 bits per heavy atom. The van der Waals surface area contributed by atoms with E-state index in [0.717, 1.165) is 25.3 Å². The molecule has 0 spiro atoms. The third-order valence-corrected chi connectivity index (χ3v) is 4.57. The van der Waals surface area contributed by atoms with Gasteiger partial charge in [0.2, 0.25) is 5.43 Å². The van der Waals surface area contributed by atoms with Crippen LogP contribution in [0.4, 0.5) is 0 Å². The highest BCUT2D eigenvalue weighted by Gasteiger charge is 2.21. The number of aromatic amines is 1. The van der Waals surface area contributed by atoms with Crippen molar-refractivity contribution >= 4 is 12.0 Å². The SMILES string of the molecule is Cc1cc(=O)c(OCC(=O)N2CCN(CC=Cc3ccccc3)CC2)c[nH]1. The number of rotatable bonds is 6. The first-order valence-corrected chi connectivity index (χ1v) is 9.15. The Morgan fingerprint density at radius 1 is 1.19 bits per heavy atom. The van der Waals surface area contributed by atoms with Crippen molar-refractivity contribution in [2.45, 2.75) is 6.92 Å². The van der Waals surface area contributed by atoms with E-state index >= 15 is 0 Å². The van der Waals surface area contributed by atoms with Gasteiger partial charge in [0.1, 0.15) is 0 Å². The number of aryl methyl sites for hydroxylation is 1. The molecule has 142 valence electrons. The van der Waals surface area contributed by atoms with Crippen molar-refractivity contribution in [3.8, 4) is 5.75 Å². The van der Waals surface area contributed by atoms with Crippen LogP contribution in [-0.2, 0) is 4.79 Å². The molecule has 1 amide bonds. The summed E-state index contributed by atoms with van der Waals surface area (Å²) in [6.45, 7) is 5.56. The van der Waals surface area contributed by atoms with E-state index in [4.69, 9.17) is 4.74 Å². The van der Waals surface area contributed by atoms with Crippen LogP contribution in [0.3, 0.4) is 0 Å². The van der Waals surface area contributed by atoms with Crippen LogP contribution in [0.25, 0.3) is 6.08 Å². The molecule has 0 unspecified atom stereocenters. The molecule has 0 atom stereocenters. The van der Waals surface area contributed by atoms with Gasteiger partial charge >= 0.3 is 0 Å². The zero-order valence-electron chi connectivity index (χ0n) is 15.6. The quantitative estimate of drug-likeness (QED) is 0.847. The topological polar surface area (TPSA) is 65.6 Å². The maximum absolute atomic E-state index is 12.3. The Labute approximate surface area is 159 Å². The minimum absolute atomic E-state index is 0.0885. The number of nitrogens with one attached hydrogen (secondary N) is 1. The average Bonchev–Trinajstić information content (AvgIpc) is 2.68. The highest BCUT2D eigenvalue weighted by molar-refractivity contribution is 5.77. The standard InChI is InChI=1S/C21H25N3O3/c1-17-14-19(25)20(15-22-17)27-16-21(26)24-12-10-23(11-13-24)9-5-8-18-6-3-2-4-7-18/h2-8,14-15H,9-13,16H2,1H3,(H,22,25). The number of pyridine rings is 1. The number of hydrogen-bond acceptors (Lipinski definition) is 4. The molecule has 2 aromatic rings. The predicted octanol–water partition coefficient (Wildman–Crippen LogP) is 1.92. The van der Waals surface area contributed by atoms with Gasteiger partial charge in [0.25, 0.3) is 5.91 Å². The fourth-order valence-corrected chi connectivity index (χ4v) is 2.99. The summed E-state index contributed by atoms with van der Waals surface area (Å²) in [5.41, 5.74) is 1.74. The van der Waals surface area contributed by atoms with Crippen LogP contribution in [0.1, 0.15) is 11.3 Å². The third kappa shape index (κ3) is 5.56. The smallest absolute Gasteiger partial charge is 0.260 e. The lowest BCUT2D eigenvalue weighted by atomic mass is 10.2. The Morgan fingerprint density at radius 2 is 1.93 bits per heavy atom. The first-order valence-electron chi connectivity index (χ1n) is 9.15. The number of carbonyl (C=O) groups is 1. The summed E-state index contributed by atoms with van der Waals surface area (Å²) in [7, 11) is 0. The summed E-state index contributed by atoms with van der Waals surface area (Å²) in [6.07, 6.45) is 5.77. The lowest BCUT2D eigenvalue weighted by Gasteiger charge is -2.34. The van der Waals surface area contributed by atoms with Crippen molar-refractivity contribution < 1.29 is 9.53 Å². The number of hydrogen-bond donors (Lipinski definition) is 1. The van der Waals surface area contributed by atoms with Crippen molar-refractivity contribution in [2.75, 3.05) is 39.3 Å². The fraction of sp³-hybridized carbons (Fsp3) is 0.333.